The van der Waals surface area contributed by atoms with E-state index in [1.165, 1.54) is 38.8 Å². The van der Waals surface area contributed by atoms with Gasteiger partial charge in [0.25, 0.3) is 0 Å². The first-order chi connectivity index (χ1) is 8.33. The molecule has 2 fully saturated rings. The van der Waals surface area contributed by atoms with E-state index in [4.69, 9.17) is 5.26 Å². The summed E-state index contributed by atoms with van der Waals surface area (Å²) in [7, 11) is 0. The fourth-order valence-corrected chi connectivity index (χ4v) is 2.84. The van der Waals surface area contributed by atoms with Crippen LogP contribution in [0.5, 0.6) is 0 Å². The van der Waals surface area contributed by atoms with E-state index in [9.17, 15) is 0 Å². The smallest absolute Gasteiger partial charge is 0.0638 e. The van der Waals surface area contributed by atoms with Gasteiger partial charge in [0.2, 0.25) is 0 Å². The van der Waals surface area contributed by atoms with Crippen molar-refractivity contribution in [1.82, 2.24) is 10.2 Å². The van der Waals surface area contributed by atoms with Gasteiger partial charge in [0.05, 0.1) is 12.5 Å². The molecule has 2 aliphatic rings. The number of hydrogen-bond acceptors (Lipinski definition) is 3. The van der Waals surface area contributed by atoms with E-state index in [0.29, 0.717) is 18.5 Å². The maximum absolute atomic E-state index is 8.93. The monoisotopic (exact) mass is 235 g/mol. The Balaban J connectivity index is 1.87. The molecule has 2 atom stereocenters. The SMILES string of the molecule is CCC(CC#N)N(CC1CC1)CC1CCCN1. The molecule has 3 nitrogen and oxygen atoms in total. The minimum atomic E-state index is 0.475. The molecule has 0 spiro atoms. The molecule has 1 aliphatic carbocycles. The van der Waals surface area contributed by atoms with Crippen molar-refractivity contribution in [2.75, 3.05) is 19.6 Å². The minimum absolute atomic E-state index is 0.475. The molecule has 1 aliphatic heterocycles. The first-order valence-corrected chi connectivity index (χ1v) is 7.17. The summed E-state index contributed by atoms with van der Waals surface area (Å²) < 4.78 is 0. The first kappa shape index (κ1) is 12.9. The van der Waals surface area contributed by atoms with Gasteiger partial charge in [0.1, 0.15) is 0 Å². The van der Waals surface area contributed by atoms with Gasteiger partial charge in [-0.1, -0.05) is 6.92 Å². The summed E-state index contributed by atoms with van der Waals surface area (Å²) in [4.78, 5) is 2.59. The largest absolute Gasteiger partial charge is 0.313 e. The summed E-state index contributed by atoms with van der Waals surface area (Å²) in [5, 5.41) is 12.5. The molecule has 2 unspecified atom stereocenters. The van der Waals surface area contributed by atoms with E-state index in [1.54, 1.807) is 0 Å². The average molecular weight is 235 g/mol. The zero-order chi connectivity index (χ0) is 12.1. The summed E-state index contributed by atoms with van der Waals surface area (Å²) in [6, 6.07) is 3.50. The Kier molecular flexibility index (Phi) is 4.82. The highest BCUT2D eigenvalue weighted by Gasteiger charge is 2.29. The molecule has 0 aromatic carbocycles. The van der Waals surface area contributed by atoms with Crippen molar-refractivity contribution in [2.24, 2.45) is 5.92 Å². The molecule has 1 saturated carbocycles. The third kappa shape index (κ3) is 3.97. The number of nitrogens with one attached hydrogen (secondary N) is 1. The van der Waals surface area contributed by atoms with Crippen molar-refractivity contribution < 1.29 is 0 Å². The second kappa shape index (κ2) is 6.37. The Hall–Kier alpha value is -0.590. The summed E-state index contributed by atoms with van der Waals surface area (Å²) in [6.45, 7) is 5.76. The summed E-state index contributed by atoms with van der Waals surface area (Å²) >= 11 is 0. The molecular formula is C14H25N3. The third-order valence-electron chi connectivity index (χ3n) is 4.12. The zero-order valence-corrected chi connectivity index (χ0v) is 11.0. The molecule has 1 heterocycles. The lowest BCUT2D eigenvalue weighted by molar-refractivity contribution is 0.169. The Bertz CT molecular complexity index is 261. The van der Waals surface area contributed by atoms with E-state index < -0.39 is 0 Å². The predicted molar refractivity (Wildman–Crippen MR) is 69.6 cm³/mol. The normalized spacial score (nSPS) is 26.1. The van der Waals surface area contributed by atoms with Gasteiger partial charge in [0.15, 0.2) is 0 Å². The Morgan fingerprint density at radius 2 is 2.18 bits per heavy atom. The van der Waals surface area contributed by atoms with Gasteiger partial charge in [-0.2, -0.15) is 5.26 Å². The molecule has 0 bridgehead atoms. The minimum Gasteiger partial charge on any atom is -0.313 e. The second-order valence-electron chi connectivity index (χ2n) is 5.61. The van der Waals surface area contributed by atoms with Gasteiger partial charge in [0, 0.05) is 25.2 Å². The topological polar surface area (TPSA) is 39.1 Å². The van der Waals surface area contributed by atoms with E-state index in [-0.39, 0.29) is 0 Å². The third-order valence-corrected chi connectivity index (χ3v) is 4.12. The summed E-state index contributed by atoms with van der Waals surface area (Å²) in [5.74, 6) is 0.921. The van der Waals surface area contributed by atoms with Crippen LogP contribution in [0.15, 0.2) is 0 Å². The predicted octanol–water partition coefficient (Wildman–Crippen LogP) is 2.14. The van der Waals surface area contributed by atoms with E-state index >= 15 is 0 Å². The summed E-state index contributed by atoms with van der Waals surface area (Å²) in [5.41, 5.74) is 0. The van der Waals surface area contributed by atoms with Gasteiger partial charge in [-0.25, -0.2) is 0 Å². The lowest BCUT2D eigenvalue weighted by atomic mass is 10.1. The molecule has 0 aromatic heterocycles. The lowest BCUT2D eigenvalue weighted by Gasteiger charge is -2.32. The lowest BCUT2D eigenvalue weighted by Crippen LogP contribution is -2.44. The zero-order valence-electron chi connectivity index (χ0n) is 11.0. The molecular weight excluding hydrogens is 210 g/mol. The number of hydrogen-bond donors (Lipinski definition) is 1. The highest BCUT2D eigenvalue weighted by Crippen LogP contribution is 2.31. The van der Waals surface area contributed by atoms with Gasteiger partial charge in [-0.05, 0) is 44.6 Å². The van der Waals surface area contributed by atoms with Crippen LogP contribution in [-0.4, -0.2) is 36.6 Å². The number of nitriles is 1. The Morgan fingerprint density at radius 3 is 2.71 bits per heavy atom. The van der Waals surface area contributed by atoms with E-state index in [1.807, 2.05) is 0 Å². The number of rotatable bonds is 7. The highest BCUT2D eigenvalue weighted by molar-refractivity contribution is 4.89. The van der Waals surface area contributed by atoms with Crippen molar-refractivity contribution in [3.63, 3.8) is 0 Å². The standard InChI is InChI=1S/C14H25N3/c1-2-14(7-8-15)17(10-12-5-6-12)11-13-4-3-9-16-13/h12-14,16H,2-7,9-11H2,1H3. The second-order valence-corrected chi connectivity index (χ2v) is 5.61. The van der Waals surface area contributed by atoms with Crippen LogP contribution in [0.25, 0.3) is 0 Å². The average Bonchev–Trinajstić information content (AvgIpc) is 3.00. The molecule has 1 saturated heterocycles. The van der Waals surface area contributed by atoms with Crippen LogP contribution in [0, 0.1) is 17.2 Å². The highest BCUT2D eigenvalue weighted by atomic mass is 15.2. The van der Waals surface area contributed by atoms with Crippen LogP contribution >= 0.6 is 0 Å². The molecule has 0 radical (unpaired) electrons. The van der Waals surface area contributed by atoms with E-state index in [2.05, 4.69) is 23.2 Å². The number of nitrogens with zero attached hydrogens (tertiary/aromatic N) is 2. The van der Waals surface area contributed by atoms with E-state index in [0.717, 1.165) is 18.9 Å². The molecule has 1 N–H and O–H groups in total. The van der Waals surface area contributed by atoms with Crippen molar-refractivity contribution in [3.05, 3.63) is 0 Å². The van der Waals surface area contributed by atoms with Gasteiger partial charge < -0.3 is 5.32 Å². The fourth-order valence-electron chi connectivity index (χ4n) is 2.84. The Labute approximate surface area is 105 Å². The van der Waals surface area contributed by atoms with Crippen LogP contribution in [0.4, 0.5) is 0 Å². The van der Waals surface area contributed by atoms with Crippen LogP contribution in [-0.2, 0) is 0 Å². The quantitative estimate of drug-likeness (QED) is 0.735. The Morgan fingerprint density at radius 1 is 1.35 bits per heavy atom. The van der Waals surface area contributed by atoms with Crippen LogP contribution in [0.3, 0.4) is 0 Å². The van der Waals surface area contributed by atoms with Crippen LogP contribution in [0.1, 0.15) is 45.4 Å². The molecule has 17 heavy (non-hydrogen) atoms. The van der Waals surface area contributed by atoms with Crippen molar-refractivity contribution >= 4 is 0 Å². The molecule has 0 aromatic rings. The molecule has 96 valence electrons. The van der Waals surface area contributed by atoms with Crippen molar-refractivity contribution in [1.29, 1.82) is 5.26 Å². The first-order valence-electron chi connectivity index (χ1n) is 7.17. The maximum Gasteiger partial charge on any atom is 0.0638 e. The van der Waals surface area contributed by atoms with Crippen LogP contribution in [0.2, 0.25) is 0 Å². The molecule has 2 rings (SSSR count). The fraction of sp³-hybridized carbons (Fsp3) is 0.929. The van der Waals surface area contributed by atoms with Gasteiger partial charge >= 0.3 is 0 Å². The summed E-state index contributed by atoms with van der Waals surface area (Å²) in [6.07, 6.45) is 7.22. The van der Waals surface area contributed by atoms with Gasteiger partial charge in [-0.3, -0.25) is 4.90 Å². The molecule has 0 amide bonds. The van der Waals surface area contributed by atoms with Crippen LogP contribution < -0.4 is 5.32 Å². The van der Waals surface area contributed by atoms with Gasteiger partial charge in [-0.15, -0.1) is 0 Å². The maximum atomic E-state index is 8.93. The molecule has 3 heteroatoms. The van der Waals surface area contributed by atoms with Crippen molar-refractivity contribution in [2.45, 2.75) is 57.5 Å². The van der Waals surface area contributed by atoms with Crippen molar-refractivity contribution in [3.8, 4) is 6.07 Å².